The average Bonchev–Trinajstić information content (AvgIpc) is 2.43. The molecule has 0 aliphatic carbocycles. The number of likely N-dealkylation sites (N-methyl/N-ethyl adjacent to an activating group) is 1. The van der Waals surface area contributed by atoms with Gasteiger partial charge in [-0.1, -0.05) is 6.92 Å². The van der Waals surface area contributed by atoms with Crippen LogP contribution in [0, 0.1) is 5.92 Å². The number of carbonyl (C=O) groups is 2. The molecule has 1 rings (SSSR count). The van der Waals surface area contributed by atoms with Crippen molar-refractivity contribution in [2.45, 2.75) is 65.5 Å². The molecule has 6 nitrogen and oxygen atoms in total. The van der Waals surface area contributed by atoms with Crippen molar-refractivity contribution in [2.24, 2.45) is 5.92 Å². The van der Waals surface area contributed by atoms with Gasteiger partial charge in [-0.2, -0.15) is 0 Å². The Labute approximate surface area is 139 Å². The second kappa shape index (κ2) is 9.11. The molecule has 0 radical (unpaired) electrons. The van der Waals surface area contributed by atoms with Crippen molar-refractivity contribution >= 4 is 12.1 Å². The number of esters is 1. The number of carbonyl (C=O) groups excluding carboxylic acids is 2. The Morgan fingerprint density at radius 2 is 1.91 bits per heavy atom. The number of hydrogen-bond acceptors (Lipinski definition) is 5. The van der Waals surface area contributed by atoms with Gasteiger partial charge in [-0.15, -0.1) is 0 Å². The van der Waals surface area contributed by atoms with E-state index in [0.717, 1.165) is 32.5 Å². The van der Waals surface area contributed by atoms with Crippen LogP contribution in [0.5, 0.6) is 0 Å². The normalized spacial score (nSPS) is 22.5. The van der Waals surface area contributed by atoms with E-state index >= 15 is 0 Å². The highest BCUT2D eigenvalue weighted by atomic mass is 16.6. The van der Waals surface area contributed by atoms with Crippen LogP contribution in [-0.4, -0.2) is 54.8 Å². The summed E-state index contributed by atoms with van der Waals surface area (Å²) in [6, 6.07) is 0.0609. The Bertz CT molecular complexity index is 393. The van der Waals surface area contributed by atoms with E-state index < -0.39 is 5.60 Å². The summed E-state index contributed by atoms with van der Waals surface area (Å²) in [6.07, 6.45) is 1.73. The third kappa shape index (κ3) is 8.21. The summed E-state index contributed by atoms with van der Waals surface area (Å²) < 4.78 is 10.3. The number of ether oxygens (including phenoxy) is 2. The molecule has 1 N–H and O–H groups in total. The van der Waals surface area contributed by atoms with Crippen LogP contribution in [0.15, 0.2) is 0 Å². The number of nitrogens with one attached hydrogen (secondary N) is 1. The smallest absolute Gasteiger partial charge is 0.407 e. The van der Waals surface area contributed by atoms with Crippen LogP contribution < -0.4 is 5.32 Å². The summed E-state index contributed by atoms with van der Waals surface area (Å²) in [6.45, 7) is 12.6. The van der Waals surface area contributed by atoms with Gasteiger partial charge in [0.05, 0.1) is 6.61 Å². The second-order valence-electron chi connectivity index (χ2n) is 7.14. The molecule has 0 aromatic rings. The summed E-state index contributed by atoms with van der Waals surface area (Å²) >= 11 is 0. The van der Waals surface area contributed by atoms with Gasteiger partial charge in [0.25, 0.3) is 0 Å². The first-order chi connectivity index (χ1) is 10.7. The van der Waals surface area contributed by atoms with Crippen molar-refractivity contribution in [3.05, 3.63) is 0 Å². The molecule has 1 heterocycles. The molecule has 134 valence electrons. The van der Waals surface area contributed by atoms with Crippen molar-refractivity contribution in [3.63, 3.8) is 0 Å². The van der Waals surface area contributed by atoms with E-state index in [1.165, 1.54) is 0 Å². The van der Waals surface area contributed by atoms with Crippen LogP contribution in [-0.2, 0) is 14.3 Å². The summed E-state index contributed by atoms with van der Waals surface area (Å²) in [5.41, 5.74) is -0.494. The van der Waals surface area contributed by atoms with Crippen LogP contribution in [0.3, 0.4) is 0 Å². The number of nitrogens with zero attached hydrogens (tertiary/aromatic N) is 1. The highest BCUT2D eigenvalue weighted by molar-refractivity contribution is 5.69. The van der Waals surface area contributed by atoms with Crippen LogP contribution in [0.25, 0.3) is 0 Å². The van der Waals surface area contributed by atoms with E-state index in [1.807, 2.05) is 27.7 Å². The quantitative estimate of drug-likeness (QED) is 0.759. The fourth-order valence-electron chi connectivity index (χ4n) is 2.90. The first kappa shape index (κ1) is 19.7. The molecule has 2 atom stereocenters. The largest absolute Gasteiger partial charge is 0.466 e. The van der Waals surface area contributed by atoms with Gasteiger partial charge in [0.2, 0.25) is 0 Å². The van der Waals surface area contributed by atoms with Crippen LogP contribution >= 0.6 is 0 Å². The molecule has 1 aliphatic heterocycles. The Morgan fingerprint density at radius 3 is 2.48 bits per heavy atom. The van der Waals surface area contributed by atoms with E-state index in [0.29, 0.717) is 18.9 Å². The van der Waals surface area contributed by atoms with Crippen molar-refractivity contribution < 1.29 is 19.1 Å². The number of piperidine rings is 1. The van der Waals surface area contributed by atoms with Gasteiger partial charge in [0, 0.05) is 25.6 Å². The maximum Gasteiger partial charge on any atom is 0.407 e. The first-order valence-corrected chi connectivity index (χ1v) is 8.61. The molecular weight excluding hydrogens is 296 g/mol. The van der Waals surface area contributed by atoms with Crippen LogP contribution in [0.2, 0.25) is 0 Å². The highest BCUT2D eigenvalue weighted by Gasteiger charge is 2.29. The molecule has 0 aromatic carbocycles. The minimum Gasteiger partial charge on any atom is -0.466 e. The molecule has 1 fully saturated rings. The predicted octanol–water partition coefficient (Wildman–Crippen LogP) is 2.56. The molecular formula is C17H32N2O4. The zero-order valence-corrected chi connectivity index (χ0v) is 15.2. The molecule has 0 spiro atoms. The van der Waals surface area contributed by atoms with Gasteiger partial charge in [0.1, 0.15) is 5.60 Å². The molecule has 1 aliphatic rings. The minimum absolute atomic E-state index is 0.0609. The van der Waals surface area contributed by atoms with Gasteiger partial charge in [-0.3, -0.25) is 4.79 Å². The van der Waals surface area contributed by atoms with E-state index in [4.69, 9.17) is 9.47 Å². The van der Waals surface area contributed by atoms with Gasteiger partial charge >= 0.3 is 12.1 Å². The molecule has 0 bridgehead atoms. The minimum atomic E-state index is -0.494. The Hall–Kier alpha value is -1.30. The lowest BCUT2D eigenvalue weighted by molar-refractivity contribution is -0.143. The Morgan fingerprint density at radius 1 is 1.22 bits per heavy atom. The van der Waals surface area contributed by atoms with Gasteiger partial charge in [-0.25, -0.2) is 4.79 Å². The van der Waals surface area contributed by atoms with E-state index in [2.05, 4.69) is 17.1 Å². The van der Waals surface area contributed by atoms with Crippen LogP contribution in [0.4, 0.5) is 4.79 Å². The lowest BCUT2D eigenvalue weighted by atomic mass is 9.90. The zero-order valence-electron chi connectivity index (χ0n) is 15.2. The third-order valence-electron chi connectivity index (χ3n) is 3.84. The first-order valence-electron chi connectivity index (χ1n) is 8.61. The highest BCUT2D eigenvalue weighted by Crippen LogP contribution is 2.22. The number of alkyl carbamates (subject to hydrolysis) is 1. The summed E-state index contributed by atoms with van der Waals surface area (Å²) in [7, 11) is 0. The molecule has 6 heteroatoms. The van der Waals surface area contributed by atoms with Crippen molar-refractivity contribution in [3.8, 4) is 0 Å². The van der Waals surface area contributed by atoms with E-state index in [1.54, 1.807) is 0 Å². The monoisotopic (exact) mass is 328 g/mol. The average molecular weight is 328 g/mol. The Balaban J connectivity index is 2.50. The van der Waals surface area contributed by atoms with Crippen LogP contribution in [0.1, 0.15) is 53.9 Å². The second-order valence-corrected chi connectivity index (χ2v) is 7.14. The summed E-state index contributed by atoms with van der Waals surface area (Å²) in [4.78, 5) is 25.8. The molecule has 0 aromatic heterocycles. The molecule has 2 unspecified atom stereocenters. The maximum atomic E-state index is 12.0. The predicted molar refractivity (Wildman–Crippen MR) is 89.2 cm³/mol. The molecule has 1 saturated heterocycles. The number of likely N-dealkylation sites (tertiary alicyclic amines) is 1. The SMILES string of the molecule is CCOC(=O)CCC1CC(NC(=O)OC(C)(C)C)CN(CC)C1. The maximum absolute atomic E-state index is 12.0. The number of rotatable bonds is 6. The lowest BCUT2D eigenvalue weighted by Crippen LogP contribution is -2.51. The number of hydrogen-bond donors (Lipinski definition) is 1. The van der Waals surface area contributed by atoms with Crippen molar-refractivity contribution in [1.82, 2.24) is 10.2 Å². The van der Waals surface area contributed by atoms with E-state index in [-0.39, 0.29) is 18.1 Å². The fourth-order valence-corrected chi connectivity index (χ4v) is 2.90. The van der Waals surface area contributed by atoms with Gasteiger partial charge in [0.15, 0.2) is 0 Å². The zero-order chi connectivity index (χ0) is 17.5. The summed E-state index contributed by atoms with van der Waals surface area (Å²) in [5.74, 6) is 0.241. The van der Waals surface area contributed by atoms with Crippen molar-refractivity contribution in [2.75, 3.05) is 26.2 Å². The molecule has 0 saturated carbocycles. The van der Waals surface area contributed by atoms with Crippen molar-refractivity contribution in [1.29, 1.82) is 0 Å². The topological polar surface area (TPSA) is 67.9 Å². The standard InChI is InChI=1S/C17H32N2O4/c1-6-19-11-13(8-9-15(20)22-7-2)10-14(12-19)18-16(21)23-17(3,4)5/h13-14H,6-12H2,1-5H3,(H,18,21). The summed E-state index contributed by atoms with van der Waals surface area (Å²) in [5, 5.41) is 2.96. The van der Waals surface area contributed by atoms with Gasteiger partial charge in [-0.05, 0) is 53.0 Å². The van der Waals surface area contributed by atoms with Gasteiger partial charge < -0.3 is 19.7 Å². The lowest BCUT2D eigenvalue weighted by Gasteiger charge is -2.37. The fraction of sp³-hybridized carbons (Fsp3) is 0.882. The van der Waals surface area contributed by atoms with E-state index in [9.17, 15) is 9.59 Å². The molecule has 23 heavy (non-hydrogen) atoms. The molecule has 1 amide bonds. The number of amides is 1. The Kier molecular flexibility index (Phi) is 7.82. The third-order valence-corrected chi connectivity index (χ3v) is 3.84.